The van der Waals surface area contributed by atoms with Gasteiger partial charge in [-0.15, -0.1) is 0 Å². The number of hydrogen-bond acceptors (Lipinski definition) is 4. The van der Waals surface area contributed by atoms with Crippen molar-refractivity contribution in [2.24, 2.45) is 0 Å². The van der Waals surface area contributed by atoms with Crippen molar-refractivity contribution >= 4 is 33.3 Å². The van der Waals surface area contributed by atoms with Gasteiger partial charge in [-0.2, -0.15) is 5.10 Å². The number of hydrogen-bond donors (Lipinski definition) is 1. The molecule has 0 spiro atoms. The van der Waals surface area contributed by atoms with Crippen LogP contribution in [0.5, 0.6) is 0 Å². The van der Waals surface area contributed by atoms with E-state index in [-0.39, 0.29) is 21.5 Å². The quantitative estimate of drug-likeness (QED) is 0.876. The van der Waals surface area contributed by atoms with Crippen LogP contribution in [0.25, 0.3) is 0 Å². The normalized spacial score (nSPS) is 12.0. The van der Waals surface area contributed by atoms with Crippen LogP contribution in [0.2, 0.25) is 5.02 Å². The van der Waals surface area contributed by atoms with Crippen LogP contribution < -0.4 is 5.32 Å². The number of aromatic nitrogens is 2. The smallest absolute Gasteiger partial charge is 0.258 e. The third kappa shape index (κ3) is 3.61. The van der Waals surface area contributed by atoms with Crippen molar-refractivity contribution < 1.29 is 13.2 Å². The maximum Gasteiger partial charge on any atom is 0.258 e. The van der Waals surface area contributed by atoms with Crippen LogP contribution >= 0.6 is 11.6 Å². The van der Waals surface area contributed by atoms with Crippen LogP contribution in [0.4, 0.5) is 5.82 Å². The zero-order valence-corrected chi connectivity index (χ0v) is 15.4. The number of anilines is 1. The van der Waals surface area contributed by atoms with E-state index in [1.54, 1.807) is 16.9 Å². The van der Waals surface area contributed by atoms with Crippen molar-refractivity contribution in [1.82, 2.24) is 14.1 Å². The van der Waals surface area contributed by atoms with Gasteiger partial charge in [0.25, 0.3) is 5.91 Å². The summed E-state index contributed by atoms with van der Waals surface area (Å²) < 4.78 is 27.2. The number of nitrogens with one attached hydrogen (secondary N) is 1. The summed E-state index contributed by atoms with van der Waals surface area (Å²) in [6.45, 7) is 3.86. The van der Waals surface area contributed by atoms with Crippen LogP contribution in [0.1, 0.15) is 30.2 Å². The third-order valence-corrected chi connectivity index (χ3v) is 5.50. The Labute approximate surface area is 146 Å². The van der Waals surface area contributed by atoms with Gasteiger partial charge in [0.05, 0.1) is 21.7 Å². The fourth-order valence-electron chi connectivity index (χ4n) is 2.06. The Kier molecular flexibility index (Phi) is 5.32. The van der Waals surface area contributed by atoms with Crippen molar-refractivity contribution in [3.05, 3.63) is 41.0 Å². The lowest BCUT2D eigenvalue weighted by Gasteiger charge is -2.14. The highest BCUT2D eigenvalue weighted by atomic mass is 35.5. The molecule has 0 aliphatic rings. The molecule has 1 N–H and O–H groups in total. The van der Waals surface area contributed by atoms with Gasteiger partial charge in [0.15, 0.2) is 0 Å². The summed E-state index contributed by atoms with van der Waals surface area (Å²) in [5.74, 6) is 0.00476. The first-order valence-corrected chi connectivity index (χ1v) is 9.03. The van der Waals surface area contributed by atoms with Crippen molar-refractivity contribution in [3.8, 4) is 0 Å². The molecule has 1 heterocycles. The summed E-state index contributed by atoms with van der Waals surface area (Å²) in [6, 6.07) is 5.75. The highest BCUT2D eigenvalue weighted by molar-refractivity contribution is 7.89. The molecular formula is C15H19ClN4O3S. The van der Waals surface area contributed by atoms with E-state index in [2.05, 4.69) is 10.4 Å². The fourth-order valence-corrected chi connectivity index (χ4v) is 3.19. The van der Waals surface area contributed by atoms with E-state index in [1.807, 2.05) is 13.8 Å². The summed E-state index contributed by atoms with van der Waals surface area (Å²) in [4.78, 5) is 12.5. The largest absolute Gasteiger partial charge is 0.307 e. The lowest BCUT2D eigenvalue weighted by atomic mass is 10.2. The van der Waals surface area contributed by atoms with E-state index in [9.17, 15) is 13.2 Å². The van der Waals surface area contributed by atoms with E-state index < -0.39 is 15.9 Å². The molecule has 2 rings (SSSR count). The molecule has 0 saturated carbocycles. The molecule has 130 valence electrons. The first-order valence-electron chi connectivity index (χ1n) is 7.21. The summed E-state index contributed by atoms with van der Waals surface area (Å²) >= 11 is 6.07. The molecule has 9 heteroatoms. The Hall–Kier alpha value is -1.90. The Morgan fingerprint density at radius 2 is 1.96 bits per heavy atom. The van der Waals surface area contributed by atoms with Gasteiger partial charge in [0.1, 0.15) is 5.82 Å². The Morgan fingerprint density at radius 1 is 1.29 bits per heavy atom. The molecule has 7 nitrogen and oxygen atoms in total. The van der Waals surface area contributed by atoms with E-state index >= 15 is 0 Å². The molecule has 1 aromatic heterocycles. The molecule has 1 aromatic carbocycles. The second-order valence-electron chi connectivity index (χ2n) is 5.64. The SMILES string of the molecule is CC(C)n1nccc1NC(=O)c1cc(S(=O)(=O)N(C)C)ccc1Cl. The highest BCUT2D eigenvalue weighted by Gasteiger charge is 2.21. The summed E-state index contributed by atoms with van der Waals surface area (Å²) in [5, 5.41) is 7.00. The zero-order chi connectivity index (χ0) is 18.1. The standard InChI is InChI=1S/C15H19ClN4O3S/c1-10(2)20-14(7-8-17-20)18-15(21)12-9-11(5-6-13(12)16)24(22,23)19(3)4/h5-10H,1-4H3,(H,18,21). The molecule has 0 fully saturated rings. The number of halogens is 1. The molecule has 0 saturated heterocycles. The van der Waals surface area contributed by atoms with Crippen LogP contribution in [0, 0.1) is 0 Å². The molecule has 0 bridgehead atoms. The highest BCUT2D eigenvalue weighted by Crippen LogP contribution is 2.23. The molecule has 0 atom stereocenters. The Bertz CT molecular complexity index is 859. The molecule has 1 amide bonds. The van der Waals surface area contributed by atoms with Crippen molar-refractivity contribution in [2.45, 2.75) is 24.8 Å². The molecule has 24 heavy (non-hydrogen) atoms. The fraction of sp³-hybridized carbons (Fsp3) is 0.333. The van der Waals surface area contributed by atoms with Crippen LogP contribution in [-0.4, -0.2) is 42.5 Å². The topological polar surface area (TPSA) is 84.3 Å². The van der Waals surface area contributed by atoms with Gasteiger partial charge in [-0.05, 0) is 32.0 Å². The number of sulfonamides is 1. The predicted octanol–water partition coefficient (Wildman–Crippen LogP) is 2.62. The predicted molar refractivity (Wildman–Crippen MR) is 92.9 cm³/mol. The summed E-state index contributed by atoms with van der Waals surface area (Å²) in [7, 11) is -0.813. The second kappa shape index (κ2) is 6.92. The first kappa shape index (κ1) is 18.4. The van der Waals surface area contributed by atoms with E-state index in [0.29, 0.717) is 5.82 Å². The van der Waals surface area contributed by atoms with Crippen molar-refractivity contribution in [1.29, 1.82) is 0 Å². The van der Waals surface area contributed by atoms with Gasteiger partial charge >= 0.3 is 0 Å². The maximum absolute atomic E-state index is 12.5. The number of carbonyl (C=O) groups excluding carboxylic acids is 1. The minimum absolute atomic E-state index is 0.000540. The molecule has 0 aliphatic heterocycles. The monoisotopic (exact) mass is 370 g/mol. The molecule has 0 aliphatic carbocycles. The van der Waals surface area contributed by atoms with E-state index in [1.165, 1.54) is 32.3 Å². The zero-order valence-electron chi connectivity index (χ0n) is 13.8. The minimum atomic E-state index is -3.66. The van der Waals surface area contributed by atoms with E-state index in [4.69, 9.17) is 11.6 Å². The molecular weight excluding hydrogens is 352 g/mol. The van der Waals surface area contributed by atoms with Gasteiger partial charge in [0.2, 0.25) is 10.0 Å². The van der Waals surface area contributed by atoms with E-state index in [0.717, 1.165) is 4.31 Å². The van der Waals surface area contributed by atoms with Gasteiger partial charge in [-0.3, -0.25) is 4.79 Å². The van der Waals surface area contributed by atoms with Gasteiger partial charge in [-0.1, -0.05) is 11.6 Å². The van der Waals surface area contributed by atoms with Crippen LogP contribution in [0.15, 0.2) is 35.4 Å². The Morgan fingerprint density at radius 3 is 2.54 bits per heavy atom. The lowest BCUT2D eigenvalue weighted by molar-refractivity contribution is 0.102. The summed E-state index contributed by atoms with van der Waals surface area (Å²) in [6.07, 6.45) is 1.57. The number of amides is 1. The average molecular weight is 371 g/mol. The minimum Gasteiger partial charge on any atom is -0.307 e. The lowest BCUT2D eigenvalue weighted by Crippen LogP contribution is -2.23. The third-order valence-electron chi connectivity index (χ3n) is 3.36. The average Bonchev–Trinajstić information content (AvgIpc) is 2.95. The molecule has 0 unspecified atom stereocenters. The number of nitrogens with zero attached hydrogens (tertiary/aromatic N) is 3. The maximum atomic E-state index is 12.5. The van der Waals surface area contributed by atoms with Crippen LogP contribution in [-0.2, 0) is 10.0 Å². The van der Waals surface area contributed by atoms with Crippen LogP contribution in [0.3, 0.4) is 0 Å². The second-order valence-corrected chi connectivity index (χ2v) is 8.20. The number of rotatable bonds is 5. The first-order chi connectivity index (χ1) is 11.1. The summed E-state index contributed by atoms with van der Waals surface area (Å²) in [5.41, 5.74) is 0.0797. The van der Waals surface area contributed by atoms with Gasteiger partial charge < -0.3 is 5.32 Å². The van der Waals surface area contributed by atoms with Gasteiger partial charge in [0, 0.05) is 26.2 Å². The molecule has 0 radical (unpaired) electrons. The van der Waals surface area contributed by atoms with Crippen molar-refractivity contribution in [2.75, 3.05) is 19.4 Å². The van der Waals surface area contributed by atoms with Gasteiger partial charge in [-0.25, -0.2) is 17.4 Å². The van der Waals surface area contributed by atoms with Crippen molar-refractivity contribution in [3.63, 3.8) is 0 Å². The Balaban J connectivity index is 2.38. The number of carbonyl (C=O) groups is 1. The number of benzene rings is 1. The molecule has 2 aromatic rings.